The monoisotopic (exact) mass is 358 g/mol. The first-order valence-corrected chi connectivity index (χ1v) is 8.64. The van der Waals surface area contributed by atoms with E-state index in [2.05, 4.69) is 52.3 Å². The summed E-state index contributed by atoms with van der Waals surface area (Å²) in [6, 6.07) is 6.51. The minimum Gasteiger partial charge on any atom is -0.310 e. The van der Waals surface area contributed by atoms with Crippen LogP contribution < -0.4 is 5.32 Å². The van der Waals surface area contributed by atoms with Gasteiger partial charge in [-0.3, -0.25) is 0 Å². The fraction of sp³-hybridized carbons (Fsp3) is 0.625. The minimum absolute atomic E-state index is 0.335. The van der Waals surface area contributed by atoms with E-state index in [1.165, 1.54) is 24.9 Å². The molecule has 0 bridgehead atoms. The van der Waals surface area contributed by atoms with Gasteiger partial charge in [-0.25, -0.2) is 0 Å². The lowest BCUT2D eigenvalue weighted by atomic mass is 10.0. The summed E-state index contributed by atoms with van der Waals surface area (Å²) < 4.78 is 1.03. The van der Waals surface area contributed by atoms with Gasteiger partial charge in [0.05, 0.1) is 0 Å². The van der Waals surface area contributed by atoms with Crippen LogP contribution in [0.1, 0.15) is 37.8 Å². The molecule has 1 saturated carbocycles. The molecule has 112 valence electrons. The van der Waals surface area contributed by atoms with Gasteiger partial charge in [-0.2, -0.15) is 0 Å². The van der Waals surface area contributed by atoms with E-state index in [0.717, 1.165) is 34.9 Å². The van der Waals surface area contributed by atoms with Crippen molar-refractivity contribution < 1.29 is 0 Å². The maximum Gasteiger partial charge on any atom is 0.0465 e. The quantitative estimate of drug-likeness (QED) is 0.736. The molecular formula is C16H24BrClN2. The second-order valence-corrected chi connectivity index (χ2v) is 7.09. The van der Waals surface area contributed by atoms with Crippen molar-refractivity contribution in [1.82, 2.24) is 10.2 Å². The largest absolute Gasteiger partial charge is 0.310 e. The summed E-state index contributed by atoms with van der Waals surface area (Å²) in [5, 5.41) is 4.40. The first-order valence-electron chi connectivity index (χ1n) is 7.47. The maximum atomic E-state index is 6.39. The highest BCUT2D eigenvalue weighted by molar-refractivity contribution is 9.10. The van der Waals surface area contributed by atoms with E-state index in [-0.39, 0.29) is 0 Å². The lowest BCUT2D eigenvalue weighted by Gasteiger charge is -2.23. The number of rotatable bonds is 8. The van der Waals surface area contributed by atoms with Gasteiger partial charge in [0.25, 0.3) is 0 Å². The normalized spacial score (nSPS) is 16.6. The molecule has 1 atom stereocenters. The van der Waals surface area contributed by atoms with Gasteiger partial charge in [-0.15, -0.1) is 0 Å². The number of nitrogens with one attached hydrogen (secondary N) is 1. The van der Waals surface area contributed by atoms with E-state index >= 15 is 0 Å². The van der Waals surface area contributed by atoms with Gasteiger partial charge >= 0.3 is 0 Å². The van der Waals surface area contributed by atoms with E-state index in [1.54, 1.807) is 0 Å². The van der Waals surface area contributed by atoms with Gasteiger partial charge in [0.1, 0.15) is 0 Å². The second-order valence-electron chi connectivity index (χ2n) is 5.77. The fourth-order valence-corrected chi connectivity index (χ4v) is 3.39. The van der Waals surface area contributed by atoms with E-state index < -0.39 is 0 Å². The summed E-state index contributed by atoms with van der Waals surface area (Å²) in [4.78, 5) is 2.45. The molecule has 0 aliphatic heterocycles. The summed E-state index contributed by atoms with van der Waals surface area (Å²) in [5.74, 6) is 0.953. The molecule has 2 nitrogen and oxygen atoms in total. The highest BCUT2D eigenvalue weighted by atomic mass is 79.9. The van der Waals surface area contributed by atoms with Crippen LogP contribution in [0, 0.1) is 5.92 Å². The van der Waals surface area contributed by atoms with Crippen LogP contribution in [-0.2, 0) is 0 Å². The molecule has 1 fully saturated rings. The molecule has 0 spiro atoms. The zero-order valence-electron chi connectivity index (χ0n) is 12.3. The molecule has 1 aromatic carbocycles. The van der Waals surface area contributed by atoms with Gasteiger partial charge < -0.3 is 10.2 Å². The average Bonchev–Trinajstić information content (AvgIpc) is 3.19. The standard InChI is InChI=1S/C16H24BrClN2/c1-3-19-16(8-9-20(2)11-12-4-5-12)14-7-6-13(17)10-15(14)18/h6-7,10,12,16,19H,3-5,8-9,11H2,1-2H3. The number of hydrogen-bond acceptors (Lipinski definition) is 2. The Bertz CT molecular complexity index is 434. The Balaban J connectivity index is 1.94. The Kier molecular flexibility index (Phi) is 6.34. The number of benzene rings is 1. The SMILES string of the molecule is CCNC(CCN(C)CC1CC1)c1ccc(Br)cc1Cl. The van der Waals surface area contributed by atoms with E-state index in [1.807, 2.05) is 6.07 Å². The Morgan fingerprint density at radius 3 is 2.80 bits per heavy atom. The van der Waals surface area contributed by atoms with E-state index in [4.69, 9.17) is 11.6 Å². The zero-order chi connectivity index (χ0) is 14.5. The van der Waals surface area contributed by atoms with Gasteiger partial charge in [-0.1, -0.05) is 40.5 Å². The first kappa shape index (κ1) is 16.3. The van der Waals surface area contributed by atoms with Crippen molar-refractivity contribution >= 4 is 27.5 Å². The maximum absolute atomic E-state index is 6.39. The summed E-state index contributed by atoms with van der Waals surface area (Å²) in [5.41, 5.74) is 1.21. The van der Waals surface area contributed by atoms with Crippen molar-refractivity contribution in [3.8, 4) is 0 Å². The minimum atomic E-state index is 0.335. The average molecular weight is 360 g/mol. The molecule has 0 saturated heterocycles. The Hall–Kier alpha value is -0.0900. The van der Waals surface area contributed by atoms with E-state index in [9.17, 15) is 0 Å². The molecule has 0 radical (unpaired) electrons. The van der Waals surface area contributed by atoms with Crippen molar-refractivity contribution in [3.05, 3.63) is 33.3 Å². The van der Waals surface area contributed by atoms with Crippen molar-refractivity contribution in [3.63, 3.8) is 0 Å². The van der Waals surface area contributed by atoms with E-state index in [0.29, 0.717) is 6.04 Å². The highest BCUT2D eigenvalue weighted by Crippen LogP contribution is 2.31. The predicted octanol–water partition coefficient (Wildman–Crippen LogP) is 4.49. The molecule has 0 aromatic heterocycles. The molecule has 0 amide bonds. The summed E-state index contributed by atoms with van der Waals surface area (Å²) in [6.45, 7) is 5.46. The molecule has 1 aromatic rings. The van der Waals surface area contributed by atoms with Crippen molar-refractivity contribution in [2.75, 3.05) is 26.7 Å². The number of halogens is 2. The van der Waals surface area contributed by atoms with Crippen LogP contribution in [0.2, 0.25) is 5.02 Å². The molecule has 20 heavy (non-hydrogen) atoms. The lowest BCUT2D eigenvalue weighted by Crippen LogP contribution is -2.28. The smallest absolute Gasteiger partial charge is 0.0465 e. The lowest BCUT2D eigenvalue weighted by molar-refractivity contribution is 0.297. The van der Waals surface area contributed by atoms with Crippen LogP contribution in [0.4, 0.5) is 0 Å². The third-order valence-electron chi connectivity index (χ3n) is 3.85. The van der Waals surface area contributed by atoms with Gasteiger partial charge in [0.15, 0.2) is 0 Å². The number of hydrogen-bond donors (Lipinski definition) is 1. The third kappa shape index (κ3) is 5.03. The first-order chi connectivity index (χ1) is 9.60. The van der Waals surface area contributed by atoms with Crippen molar-refractivity contribution in [2.45, 2.75) is 32.2 Å². The van der Waals surface area contributed by atoms with Gasteiger partial charge in [0.2, 0.25) is 0 Å². The van der Waals surface area contributed by atoms with Crippen LogP contribution in [-0.4, -0.2) is 31.6 Å². The number of nitrogens with zero attached hydrogens (tertiary/aromatic N) is 1. The topological polar surface area (TPSA) is 15.3 Å². The Labute approximate surface area is 136 Å². The van der Waals surface area contributed by atoms with Gasteiger partial charge in [0, 0.05) is 22.1 Å². The molecule has 1 N–H and O–H groups in total. The Morgan fingerprint density at radius 1 is 1.45 bits per heavy atom. The van der Waals surface area contributed by atoms with Crippen molar-refractivity contribution in [1.29, 1.82) is 0 Å². The molecule has 1 unspecified atom stereocenters. The summed E-state index contributed by atoms with van der Waals surface area (Å²) >= 11 is 9.85. The molecule has 1 aliphatic rings. The van der Waals surface area contributed by atoms with Crippen LogP contribution in [0.5, 0.6) is 0 Å². The predicted molar refractivity (Wildman–Crippen MR) is 90.4 cm³/mol. The van der Waals surface area contributed by atoms with Crippen LogP contribution >= 0.6 is 27.5 Å². The Morgan fingerprint density at radius 2 is 2.20 bits per heavy atom. The summed E-state index contributed by atoms with van der Waals surface area (Å²) in [6.07, 6.45) is 3.93. The summed E-state index contributed by atoms with van der Waals surface area (Å²) in [7, 11) is 2.23. The van der Waals surface area contributed by atoms with Crippen LogP contribution in [0.3, 0.4) is 0 Å². The van der Waals surface area contributed by atoms with Crippen LogP contribution in [0.15, 0.2) is 22.7 Å². The molecule has 0 heterocycles. The molecular weight excluding hydrogens is 336 g/mol. The zero-order valence-corrected chi connectivity index (χ0v) is 14.7. The van der Waals surface area contributed by atoms with Crippen LogP contribution in [0.25, 0.3) is 0 Å². The highest BCUT2D eigenvalue weighted by Gasteiger charge is 2.23. The molecule has 2 rings (SSSR count). The third-order valence-corrected chi connectivity index (χ3v) is 4.68. The molecule has 4 heteroatoms. The fourth-order valence-electron chi connectivity index (χ4n) is 2.58. The van der Waals surface area contributed by atoms with Crippen molar-refractivity contribution in [2.24, 2.45) is 5.92 Å². The van der Waals surface area contributed by atoms with Gasteiger partial charge in [-0.05, 0) is 63.0 Å². The second kappa shape index (κ2) is 7.79. The molecule has 1 aliphatic carbocycles.